The molecular formula is C23H38N2O7. The van der Waals surface area contributed by atoms with E-state index in [2.05, 4.69) is 4.99 Å². The number of aromatic hydroxyl groups is 1. The van der Waals surface area contributed by atoms with Gasteiger partial charge in [0.1, 0.15) is 17.3 Å². The third kappa shape index (κ3) is 6.94. The summed E-state index contributed by atoms with van der Waals surface area (Å²) < 4.78 is 0. The molecule has 0 aliphatic heterocycles. The highest BCUT2D eigenvalue weighted by molar-refractivity contribution is 6.02. The zero-order valence-electron chi connectivity index (χ0n) is 18.9. The fourth-order valence-corrected chi connectivity index (χ4v) is 4.30. The van der Waals surface area contributed by atoms with Crippen LogP contribution in [0.2, 0.25) is 0 Å². The average molecular weight is 455 g/mol. The Balaban J connectivity index is 0. The van der Waals surface area contributed by atoms with E-state index in [9.17, 15) is 29.7 Å². The summed E-state index contributed by atoms with van der Waals surface area (Å²) in [4.78, 5) is 42.9. The number of aliphatic hydroxyl groups is 2. The lowest BCUT2D eigenvalue weighted by atomic mass is 9.73. The lowest BCUT2D eigenvalue weighted by Crippen LogP contribution is -2.32. The molecule has 9 heteroatoms. The predicted octanol–water partition coefficient (Wildman–Crippen LogP) is 1.57. The van der Waals surface area contributed by atoms with Crippen LogP contribution in [-0.2, 0) is 16.0 Å². The number of carbonyl (C=O) groups excluding carboxylic acids is 3. The van der Waals surface area contributed by atoms with Crippen molar-refractivity contribution in [2.75, 3.05) is 27.3 Å². The summed E-state index contributed by atoms with van der Waals surface area (Å²) in [7, 11) is 3.66. The second kappa shape index (κ2) is 12.4. The summed E-state index contributed by atoms with van der Waals surface area (Å²) in [5.41, 5.74) is 1.55. The van der Waals surface area contributed by atoms with Gasteiger partial charge < -0.3 is 25.7 Å². The Bertz CT molecular complexity index is 862. The zero-order chi connectivity index (χ0) is 23.1. The summed E-state index contributed by atoms with van der Waals surface area (Å²) in [5.74, 6) is -2.12. The van der Waals surface area contributed by atoms with E-state index < -0.39 is 12.5 Å². The van der Waals surface area contributed by atoms with Gasteiger partial charge in [-0.15, -0.1) is 0 Å². The summed E-state index contributed by atoms with van der Waals surface area (Å²) >= 11 is 0. The summed E-state index contributed by atoms with van der Waals surface area (Å²) in [5, 5.41) is 29.6. The molecule has 5 N–H and O–H groups in total. The van der Waals surface area contributed by atoms with Crippen molar-refractivity contribution >= 4 is 29.4 Å². The fraction of sp³-hybridized carbons (Fsp3) is 0.565. The molecule has 0 aromatic heterocycles. The van der Waals surface area contributed by atoms with Gasteiger partial charge in [-0.2, -0.15) is 0 Å². The molecule has 3 atom stereocenters. The number of fused-ring (bicyclic) bond motifs is 1. The minimum atomic E-state index is -0.761. The molecule has 1 aliphatic carbocycles. The number of ketones is 3. The van der Waals surface area contributed by atoms with E-state index in [1.54, 1.807) is 17.3 Å². The van der Waals surface area contributed by atoms with Crippen molar-refractivity contribution in [1.29, 1.82) is 0 Å². The number of benzene rings is 1. The second-order valence-electron chi connectivity index (χ2n) is 8.51. The molecule has 0 spiro atoms. The van der Waals surface area contributed by atoms with Crippen molar-refractivity contribution < 1.29 is 38.0 Å². The van der Waals surface area contributed by atoms with Gasteiger partial charge in [-0.25, -0.2) is 4.99 Å². The Hall–Kier alpha value is -2.62. The molecular weight excluding hydrogens is 416 g/mol. The van der Waals surface area contributed by atoms with Gasteiger partial charge in [-0.1, -0.05) is 0 Å². The molecule has 2 rings (SSSR count). The Morgan fingerprint density at radius 1 is 1.28 bits per heavy atom. The van der Waals surface area contributed by atoms with Crippen LogP contribution in [0.5, 0.6) is 5.75 Å². The van der Waals surface area contributed by atoms with Gasteiger partial charge in [0, 0.05) is 35.9 Å². The minimum absolute atomic E-state index is 0. The number of phenols is 1. The zero-order valence-corrected chi connectivity index (χ0v) is 18.9. The monoisotopic (exact) mass is 454 g/mol. The molecule has 0 heterocycles. The van der Waals surface area contributed by atoms with Crippen LogP contribution in [0.15, 0.2) is 17.1 Å². The molecule has 32 heavy (non-hydrogen) atoms. The number of nitrogens with zero attached hydrogens (tertiary/aromatic N) is 2. The first-order valence-electron chi connectivity index (χ1n) is 10.5. The van der Waals surface area contributed by atoms with Crippen LogP contribution >= 0.6 is 0 Å². The fourth-order valence-electron chi connectivity index (χ4n) is 4.30. The van der Waals surface area contributed by atoms with Crippen LogP contribution in [0.3, 0.4) is 0 Å². The summed E-state index contributed by atoms with van der Waals surface area (Å²) in [6, 6.07) is 3.14. The van der Waals surface area contributed by atoms with Crippen molar-refractivity contribution in [3.05, 3.63) is 23.3 Å². The molecule has 0 saturated heterocycles. The highest BCUT2D eigenvalue weighted by Crippen LogP contribution is 2.40. The molecule has 182 valence electrons. The van der Waals surface area contributed by atoms with Crippen molar-refractivity contribution in [3.8, 4) is 5.75 Å². The van der Waals surface area contributed by atoms with E-state index >= 15 is 0 Å². The lowest BCUT2D eigenvalue weighted by molar-refractivity contribution is -0.131. The number of hydrogen-bond donors (Lipinski definition) is 3. The Morgan fingerprint density at radius 2 is 1.97 bits per heavy atom. The third-order valence-corrected chi connectivity index (χ3v) is 5.68. The van der Waals surface area contributed by atoms with Gasteiger partial charge in [0.2, 0.25) is 0 Å². The largest absolute Gasteiger partial charge is 0.507 e. The highest BCUT2D eigenvalue weighted by Gasteiger charge is 2.34. The van der Waals surface area contributed by atoms with E-state index in [0.29, 0.717) is 24.1 Å². The summed E-state index contributed by atoms with van der Waals surface area (Å²) in [6.45, 7) is 0.754. The van der Waals surface area contributed by atoms with Crippen LogP contribution in [-0.4, -0.2) is 76.7 Å². The number of aliphatic imine (C=N–C) groups is 1. The maximum atomic E-state index is 12.8. The maximum absolute atomic E-state index is 12.8. The number of Topliss-reactive ketones (excluding diaryl/α,β-unsaturated/α-hetero) is 3. The van der Waals surface area contributed by atoms with E-state index in [0.717, 1.165) is 0 Å². The molecule has 0 bridgehead atoms. The molecule has 0 fully saturated rings. The van der Waals surface area contributed by atoms with E-state index in [-0.39, 0.29) is 74.7 Å². The Labute approximate surface area is 191 Å². The van der Waals surface area contributed by atoms with Crippen molar-refractivity contribution in [2.45, 2.75) is 39.0 Å². The van der Waals surface area contributed by atoms with Crippen molar-refractivity contribution in [2.24, 2.45) is 22.7 Å². The maximum Gasteiger partial charge on any atom is 0.167 e. The second-order valence-corrected chi connectivity index (χ2v) is 8.51. The SMILES string of the molecule is CC(=O)CC(=O)C(CO)C(CCO)CC1CC(=O)c2c(O)ccc(N=CN(C)C)c2C1.O.[HH].[HH]. The van der Waals surface area contributed by atoms with E-state index in [1.807, 2.05) is 14.1 Å². The van der Waals surface area contributed by atoms with Crippen LogP contribution in [0.4, 0.5) is 5.69 Å². The number of aliphatic hydroxyl groups excluding tert-OH is 2. The molecule has 0 amide bonds. The van der Waals surface area contributed by atoms with Gasteiger partial charge in [0.15, 0.2) is 5.78 Å². The predicted molar refractivity (Wildman–Crippen MR) is 125 cm³/mol. The average Bonchev–Trinajstić information content (AvgIpc) is 2.67. The number of phenolic OH excluding ortho intramolecular Hbond substituents is 1. The Morgan fingerprint density at radius 3 is 2.53 bits per heavy atom. The highest BCUT2D eigenvalue weighted by atomic mass is 16.3. The lowest BCUT2D eigenvalue weighted by Gasteiger charge is -2.31. The van der Waals surface area contributed by atoms with Crippen LogP contribution in [0, 0.1) is 17.8 Å². The molecule has 0 saturated carbocycles. The van der Waals surface area contributed by atoms with Crippen molar-refractivity contribution in [1.82, 2.24) is 4.90 Å². The molecule has 3 unspecified atom stereocenters. The topological polar surface area (TPSA) is 159 Å². The third-order valence-electron chi connectivity index (χ3n) is 5.68. The molecule has 1 aromatic rings. The van der Waals surface area contributed by atoms with Gasteiger partial charge in [0.25, 0.3) is 0 Å². The minimum Gasteiger partial charge on any atom is -0.507 e. The smallest absolute Gasteiger partial charge is 0.167 e. The van der Waals surface area contributed by atoms with Gasteiger partial charge >= 0.3 is 0 Å². The summed E-state index contributed by atoms with van der Waals surface area (Å²) in [6.07, 6.45) is 2.78. The first-order chi connectivity index (χ1) is 14.7. The van der Waals surface area contributed by atoms with Gasteiger partial charge in [-0.3, -0.25) is 14.4 Å². The van der Waals surface area contributed by atoms with E-state index in [1.165, 1.54) is 13.0 Å². The van der Waals surface area contributed by atoms with Gasteiger partial charge in [0.05, 0.1) is 30.6 Å². The quantitative estimate of drug-likeness (QED) is 0.260. The standard InChI is InChI=1S/C23H32N2O6.H2O.2H2/c1-14(28)8-21(30)18(12-27)16(6-7-26)9-15-10-17-19(24-13-25(2)3)4-5-20(29)23(17)22(31)11-15;;;/h4-5,13,15-16,18,26-27,29H,6-12H2,1-3H3;1H2;2*1H. The first kappa shape index (κ1) is 27.4. The number of rotatable bonds is 11. The molecule has 1 aromatic carbocycles. The Kier molecular flexibility index (Phi) is 10.6. The number of carbonyl (C=O) groups is 3. The first-order valence-corrected chi connectivity index (χ1v) is 10.5. The molecule has 1 aliphatic rings. The molecule has 9 nitrogen and oxygen atoms in total. The van der Waals surface area contributed by atoms with Crippen molar-refractivity contribution in [3.63, 3.8) is 0 Å². The molecule has 0 radical (unpaired) electrons. The van der Waals surface area contributed by atoms with Crippen LogP contribution in [0.25, 0.3) is 0 Å². The number of hydrogen-bond acceptors (Lipinski definition) is 7. The van der Waals surface area contributed by atoms with Crippen LogP contribution in [0.1, 0.15) is 51.4 Å². The normalized spacial score (nSPS) is 17.4. The van der Waals surface area contributed by atoms with E-state index in [4.69, 9.17) is 0 Å². The van der Waals surface area contributed by atoms with Crippen LogP contribution < -0.4 is 0 Å². The van der Waals surface area contributed by atoms with Gasteiger partial charge in [-0.05, 0) is 55.7 Å².